The maximum absolute atomic E-state index is 12.5. The molecule has 2 heterocycles. The molecule has 1 fully saturated rings. The SMILES string of the molecule is COc1cc2nc(N3CCN(C(=O)/C=C/C(=O)c4ccccc4)CC3)nc(N)c2cc1OC. The van der Waals surface area contributed by atoms with E-state index in [9.17, 15) is 9.59 Å². The summed E-state index contributed by atoms with van der Waals surface area (Å²) >= 11 is 0. The third kappa shape index (κ3) is 4.72. The second kappa shape index (κ2) is 9.56. The zero-order valence-corrected chi connectivity index (χ0v) is 18.5. The Hall–Kier alpha value is -4.14. The molecule has 4 rings (SSSR count). The molecular weight excluding hydrogens is 422 g/mol. The molecule has 33 heavy (non-hydrogen) atoms. The van der Waals surface area contributed by atoms with Gasteiger partial charge < -0.3 is 25.0 Å². The minimum atomic E-state index is -0.199. The highest BCUT2D eigenvalue weighted by Crippen LogP contribution is 2.34. The normalized spacial score (nSPS) is 14.0. The van der Waals surface area contributed by atoms with Crippen molar-refractivity contribution in [3.8, 4) is 11.5 Å². The lowest BCUT2D eigenvalue weighted by molar-refractivity contribution is -0.126. The molecule has 0 saturated carbocycles. The number of carbonyl (C=O) groups is 2. The quantitative estimate of drug-likeness (QED) is 0.453. The fourth-order valence-electron chi connectivity index (χ4n) is 3.69. The minimum absolute atomic E-state index is 0.199. The fraction of sp³-hybridized carbons (Fsp3) is 0.250. The van der Waals surface area contributed by atoms with Gasteiger partial charge in [-0.15, -0.1) is 0 Å². The average Bonchev–Trinajstić information content (AvgIpc) is 2.86. The molecule has 0 spiro atoms. The molecule has 170 valence electrons. The first-order chi connectivity index (χ1) is 16.0. The van der Waals surface area contributed by atoms with Crippen LogP contribution in [-0.4, -0.2) is 67.0 Å². The molecule has 0 radical (unpaired) electrons. The summed E-state index contributed by atoms with van der Waals surface area (Å²) in [6.07, 6.45) is 2.65. The van der Waals surface area contributed by atoms with Gasteiger partial charge in [-0.1, -0.05) is 30.3 Å². The van der Waals surface area contributed by atoms with Crippen LogP contribution in [0.15, 0.2) is 54.6 Å². The Morgan fingerprint density at radius 2 is 1.61 bits per heavy atom. The maximum atomic E-state index is 12.5. The van der Waals surface area contributed by atoms with Crippen LogP contribution >= 0.6 is 0 Å². The number of hydrogen-bond acceptors (Lipinski definition) is 8. The summed E-state index contributed by atoms with van der Waals surface area (Å²) in [5, 5.41) is 0.679. The summed E-state index contributed by atoms with van der Waals surface area (Å²) in [7, 11) is 3.12. The van der Waals surface area contributed by atoms with Crippen LogP contribution in [0.25, 0.3) is 10.9 Å². The molecule has 1 aromatic heterocycles. The van der Waals surface area contributed by atoms with Gasteiger partial charge in [-0.05, 0) is 12.1 Å². The number of ether oxygens (including phenoxy) is 2. The highest BCUT2D eigenvalue weighted by atomic mass is 16.5. The summed E-state index contributed by atoms with van der Waals surface area (Å²) in [5.41, 5.74) is 7.39. The molecule has 0 atom stereocenters. The van der Waals surface area contributed by atoms with Crippen LogP contribution in [-0.2, 0) is 4.79 Å². The number of anilines is 2. The molecule has 2 aromatic carbocycles. The number of nitrogens with zero attached hydrogens (tertiary/aromatic N) is 4. The van der Waals surface area contributed by atoms with Crippen molar-refractivity contribution in [1.82, 2.24) is 14.9 Å². The lowest BCUT2D eigenvalue weighted by atomic mass is 10.1. The predicted octanol–water partition coefficient (Wildman–Crippen LogP) is 2.32. The number of ketones is 1. The number of rotatable bonds is 6. The van der Waals surface area contributed by atoms with Crippen molar-refractivity contribution >= 4 is 34.4 Å². The van der Waals surface area contributed by atoms with Crippen LogP contribution < -0.4 is 20.1 Å². The highest BCUT2D eigenvalue weighted by Gasteiger charge is 2.23. The smallest absolute Gasteiger partial charge is 0.246 e. The summed E-state index contributed by atoms with van der Waals surface area (Å²) in [6.45, 7) is 2.06. The topological polar surface area (TPSA) is 111 Å². The second-order valence-electron chi connectivity index (χ2n) is 7.51. The van der Waals surface area contributed by atoms with Crippen LogP contribution in [0.4, 0.5) is 11.8 Å². The Labute approximate surface area is 191 Å². The number of benzene rings is 2. The maximum Gasteiger partial charge on any atom is 0.246 e. The van der Waals surface area contributed by atoms with Gasteiger partial charge >= 0.3 is 0 Å². The molecule has 2 N–H and O–H groups in total. The van der Waals surface area contributed by atoms with Crippen LogP contribution in [0.1, 0.15) is 10.4 Å². The van der Waals surface area contributed by atoms with Gasteiger partial charge in [-0.25, -0.2) is 4.98 Å². The molecule has 3 aromatic rings. The lowest BCUT2D eigenvalue weighted by Crippen LogP contribution is -2.48. The number of methoxy groups -OCH3 is 2. The first-order valence-electron chi connectivity index (χ1n) is 10.5. The monoisotopic (exact) mass is 447 g/mol. The average molecular weight is 447 g/mol. The van der Waals surface area contributed by atoms with Crippen LogP contribution in [0, 0.1) is 0 Å². The van der Waals surface area contributed by atoms with Gasteiger partial charge in [0.1, 0.15) is 5.82 Å². The summed E-state index contributed by atoms with van der Waals surface area (Å²) in [5.74, 6) is 1.55. The first kappa shape index (κ1) is 22.1. The van der Waals surface area contributed by atoms with Crippen molar-refractivity contribution in [1.29, 1.82) is 0 Å². The summed E-state index contributed by atoms with van der Waals surface area (Å²) in [4.78, 5) is 37.5. The van der Waals surface area contributed by atoms with Gasteiger partial charge in [0.25, 0.3) is 0 Å². The van der Waals surface area contributed by atoms with Crippen molar-refractivity contribution in [2.24, 2.45) is 0 Å². The van der Waals surface area contributed by atoms with Gasteiger partial charge in [0, 0.05) is 49.3 Å². The van der Waals surface area contributed by atoms with Crippen molar-refractivity contribution in [3.63, 3.8) is 0 Å². The van der Waals surface area contributed by atoms with E-state index in [1.807, 2.05) is 11.0 Å². The summed E-state index contributed by atoms with van der Waals surface area (Å²) < 4.78 is 10.7. The third-order valence-electron chi connectivity index (χ3n) is 5.53. The van der Waals surface area contributed by atoms with Crippen LogP contribution in [0.5, 0.6) is 11.5 Å². The third-order valence-corrected chi connectivity index (χ3v) is 5.53. The number of nitrogens with two attached hydrogens (primary N) is 1. The Kier molecular flexibility index (Phi) is 6.39. The van der Waals surface area contributed by atoms with E-state index in [4.69, 9.17) is 15.2 Å². The van der Waals surface area contributed by atoms with E-state index in [1.54, 1.807) is 55.5 Å². The van der Waals surface area contributed by atoms with Crippen LogP contribution in [0.2, 0.25) is 0 Å². The molecule has 0 unspecified atom stereocenters. The highest BCUT2D eigenvalue weighted by molar-refractivity contribution is 6.07. The molecule has 0 bridgehead atoms. The fourth-order valence-corrected chi connectivity index (χ4v) is 3.69. The molecule has 9 nitrogen and oxygen atoms in total. The van der Waals surface area contributed by atoms with E-state index in [-0.39, 0.29) is 11.7 Å². The van der Waals surface area contributed by atoms with Crippen molar-refractivity contribution < 1.29 is 19.1 Å². The van der Waals surface area contributed by atoms with Crippen molar-refractivity contribution in [2.75, 3.05) is 51.0 Å². The molecule has 1 amide bonds. The number of allylic oxidation sites excluding steroid dienone is 1. The number of aromatic nitrogens is 2. The molecule has 1 aliphatic heterocycles. The molecule has 0 aliphatic carbocycles. The van der Waals surface area contributed by atoms with Crippen molar-refractivity contribution in [2.45, 2.75) is 0 Å². The van der Waals surface area contributed by atoms with E-state index in [0.29, 0.717) is 65.9 Å². The molecular formula is C24H25N5O4. The number of nitrogen functional groups attached to an aromatic ring is 1. The Morgan fingerprint density at radius 1 is 0.939 bits per heavy atom. The number of carbonyl (C=O) groups excluding carboxylic acids is 2. The van der Waals surface area contributed by atoms with Gasteiger partial charge in [0.15, 0.2) is 17.3 Å². The van der Waals surface area contributed by atoms with Crippen LogP contribution in [0.3, 0.4) is 0 Å². The number of piperazine rings is 1. The van der Waals surface area contributed by atoms with E-state index >= 15 is 0 Å². The minimum Gasteiger partial charge on any atom is -0.493 e. The molecule has 1 aliphatic rings. The largest absolute Gasteiger partial charge is 0.493 e. The predicted molar refractivity (Wildman–Crippen MR) is 126 cm³/mol. The first-order valence-corrected chi connectivity index (χ1v) is 10.5. The number of fused-ring (bicyclic) bond motifs is 1. The van der Waals surface area contributed by atoms with E-state index in [1.165, 1.54) is 12.2 Å². The zero-order chi connectivity index (χ0) is 23.4. The number of amides is 1. The van der Waals surface area contributed by atoms with Gasteiger partial charge in [-0.2, -0.15) is 4.98 Å². The summed E-state index contributed by atoms with van der Waals surface area (Å²) in [6, 6.07) is 12.4. The molecule has 9 heteroatoms. The number of hydrogen-bond donors (Lipinski definition) is 1. The molecule has 1 saturated heterocycles. The zero-order valence-electron chi connectivity index (χ0n) is 18.5. The van der Waals surface area contributed by atoms with Gasteiger partial charge in [0.05, 0.1) is 19.7 Å². The van der Waals surface area contributed by atoms with E-state index < -0.39 is 0 Å². The Morgan fingerprint density at radius 3 is 2.27 bits per heavy atom. The standard InChI is InChI=1S/C24H25N5O4/c1-32-20-14-17-18(15-21(20)33-2)26-24(27-23(17)25)29-12-10-28(11-13-29)22(31)9-8-19(30)16-6-4-3-5-7-16/h3-9,14-15H,10-13H2,1-2H3,(H2,25,26,27)/b9-8+. The lowest BCUT2D eigenvalue weighted by Gasteiger charge is -2.34. The van der Waals surface area contributed by atoms with Gasteiger partial charge in [-0.3, -0.25) is 9.59 Å². The van der Waals surface area contributed by atoms with Crippen molar-refractivity contribution in [3.05, 3.63) is 60.2 Å². The Balaban J connectivity index is 1.43. The second-order valence-corrected chi connectivity index (χ2v) is 7.51. The Bertz CT molecular complexity index is 1200. The van der Waals surface area contributed by atoms with Gasteiger partial charge in [0.2, 0.25) is 11.9 Å². The van der Waals surface area contributed by atoms with E-state index in [2.05, 4.69) is 9.97 Å². The van der Waals surface area contributed by atoms with E-state index in [0.717, 1.165) is 0 Å².